The summed E-state index contributed by atoms with van der Waals surface area (Å²) in [5.41, 5.74) is -0.179. The van der Waals surface area contributed by atoms with Crippen molar-refractivity contribution in [3.8, 4) is 0 Å². The van der Waals surface area contributed by atoms with Crippen molar-refractivity contribution in [2.45, 2.75) is 32.4 Å². The predicted molar refractivity (Wildman–Crippen MR) is 97.3 cm³/mol. The van der Waals surface area contributed by atoms with Gasteiger partial charge in [-0.15, -0.1) is 0 Å². The van der Waals surface area contributed by atoms with Gasteiger partial charge in [-0.2, -0.15) is 0 Å². The monoisotopic (exact) mass is 349 g/mol. The molecule has 0 fully saturated rings. The van der Waals surface area contributed by atoms with E-state index in [-0.39, 0.29) is 12.6 Å². The van der Waals surface area contributed by atoms with E-state index in [0.29, 0.717) is 23.3 Å². The van der Waals surface area contributed by atoms with Crippen LogP contribution in [0.5, 0.6) is 0 Å². The molecule has 5 nitrogen and oxygen atoms in total. The minimum atomic E-state index is -1.17. The molecule has 0 radical (unpaired) electrons. The van der Waals surface area contributed by atoms with Gasteiger partial charge in [0.2, 0.25) is 0 Å². The summed E-state index contributed by atoms with van der Waals surface area (Å²) in [5.74, 6) is 1.10. The SMILES string of the molecule is CCNC(=NCC(C)(O)c1ccco1)NC(C)c1ccccc1Cl. The summed E-state index contributed by atoms with van der Waals surface area (Å²) >= 11 is 6.24. The molecule has 1 heterocycles. The van der Waals surface area contributed by atoms with Crippen LogP contribution in [0, 0.1) is 0 Å². The molecule has 0 spiro atoms. The Balaban J connectivity index is 2.10. The average molecular weight is 350 g/mol. The molecular formula is C18H24ClN3O2. The number of benzene rings is 1. The van der Waals surface area contributed by atoms with E-state index in [0.717, 1.165) is 5.56 Å². The van der Waals surface area contributed by atoms with Gasteiger partial charge in [0, 0.05) is 11.6 Å². The van der Waals surface area contributed by atoms with Crippen molar-refractivity contribution in [1.82, 2.24) is 10.6 Å². The van der Waals surface area contributed by atoms with Gasteiger partial charge in [-0.25, -0.2) is 4.99 Å². The Hall–Kier alpha value is -1.98. The second-order valence-electron chi connectivity index (χ2n) is 5.83. The maximum Gasteiger partial charge on any atom is 0.191 e. The zero-order valence-corrected chi connectivity index (χ0v) is 15.0. The molecule has 1 aromatic heterocycles. The van der Waals surface area contributed by atoms with Gasteiger partial charge in [0.25, 0.3) is 0 Å². The summed E-state index contributed by atoms with van der Waals surface area (Å²) in [6.07, 6.45) is 1.54. The fourth-order valence-electron chi connectivity index (χ4n) is 2.33. The summed E-state index contributed by atoms with van der Waals surface area (Å²) < 4.78 is 5.28. The maximum absolute atomic E-state index is 10.5. The standard InChI is InChI=1S/C18H24ClN3O2/c1-4-20-17(21-12-18(3,23)16-10-7-11-24-16)22-13(2)14-8-5-6-9-15(14)19/h5-11,13,23H,4,12H2,1-3H3,(H2,20,21,22). The van der Waals surface area contributed by atoms with E-state index in [4.69, 9.17) is 16.0 Å². The first-order valence-corrected chi connectivity index (χ1v) is 8.37. The van der Waals surface area contributed by atoms with Crippen molar-refractivity contribution in [2.24, 2.45) is 4.99 Å². The quantitative estimate of drug-likeness (QED) is 0.552. The van der Waals surface area contributed by atoms with Gasteiger partial charge in [0.05, 0.1) is 18.8 Å². The minimum Gasteiger partial charge on any atom is -0.466 e. The largest absolute Gasteiger partial charge is 0.466 e. The Morgan fingerprint density at radius 1 is 1.33 bits per heavy atom. The summed E-state index contributed by atoms with van der Waals surface area (Å²) in [4.78, 5) is 4.48. The molecule has 1 aromatic carbocycles. The Bertz CT molecular complexity index is 669. The molecule has 0 bridgehead atoms. The smallest absolute Gasteiger partial charge is 0.191 e. The zero-order valence-electron chi connectivity index (χ0n) is 14.2. The first-order valence-electron chi connectivity index (χ1n) is 7.99. The Kier molecular flexibility index (Phi) is 6.29. The Labute approximate surface area is 147 Å². The van der Waals surface area contributed by atoms with Crippen molar-refractivity contribution in [3.63, 3.8) is 0 Å². The number of guanidine groups is 1. The third kappa shape index (κ3) is 4.76. The van der Waals surface area contributed by atoms with Crippen LogP contribution < -0.4 is 10.6 Å². The number of furan rings is 1. The number of nitrogens with one attached hydrogen (secondary N) is 2. The molecule has 0 aliphatic rings. The minimum absolute atomic E-state index is 0.0231. The summed E-state index contributed by atoms with van der Waals surface area (Å²) in [5, 5.41) is 17.7. The van der Waals surface area contributed by atoms with Gasteiger partial charge in [0.15, 0.2) is 5.96 Å². The van der Waals surface area contributed by atoms with E-state index in [1.54, 1.807) is 19.1 Å². The van der Waals surface area contributed by atoms with E-state index in [1.165, 1.54) is 6.26 Å². The van der Waals surface area contributed by atoms with Crippen molar-refractivity contribution in [3.05, 3.63) is 59.0 Å². The number of hydrogen-bond donors (Lipinski definition) is 3. The predicted octanol–water partition coefficient (Wildman–Crippen LogP) is 3.46. The van der Waals surface area contributed by atoms with Crippen LogP contribution in [0.3, 0.4) is 0 Å². The fraction of sp³-hybridized carbons (Fsp3) is 0.389. The summed E-state index contributed by atoms with van der Waals surface area (Å²) in [6, 6.07) is 11.1. The van der Waals surface area contributed by atoms with Crippen LogP contribution in [0.4, 0.5) is 0 Å². The molecule has 2 rings (SSSR count). The first kappa shape index (κ1) is 18.4. The lowest BCUT2D eigenvalue weighted by Crippen LogP contribution is -2.40. The highest BCUT2D eigenvalue weighted by atomic mass is 35.5. The highest BCUT2D eigenvalue weighted by molar-refractivity contribution is 6.31. The van der Waals surface area contributed by atoms with Gasteiger partial charge in [0.1, 0.15) is 11.4 Å². The van der Waals surface area contributed by atoms with Crippen LogP contribution in [0.1, 0.15) is 38.1 Å². The van der Waals surface area contributed by atoms with E-state index in [1.807, 2.05) is 38.1 Å². The van der Waals surface area contributed by atoms with E-state index in [9.17, 15) is 5.11 Å². The lowest BCUT2D eigenvalue weighted by atomic mass is 10.0. The number of aliphatic imine (C=N–C) groups is 1. The van der Waals surface area contributed by atoms with Gasteiger partial charge in [-0.05, 0) is 44.5 Å². The van der Waals surface area contributed by atoms with Gasteiger partial charge in [-0.3, -0.25) is 0 Å². The summed E-state index contributed by atoms with van der Waals surface area (Å²) in [7, 11) is 0. The molecule has 24 heavy (non-hydrogen) atoms. The Morgan fingerprint density at radius 2 is 2.08 bits per heavy atom. The van der Waals surface area contributed by atoms with E-state index in [2.05, 4.69) is 15.6 Å². The lowest BCUT2D eigenvalue weighted by molar-refractivity contribution is 0.0437. The van der Waals surface area contributed by atoms with Crippen LogP contribution in [0.25, 0.3) is 0 Å². The van der Waals surface area contributed by atoms with Crippen LogP contribution in [0.15, 0.2) is 52.1 Å². The van der Waals surface area contributed by atoms with Crippen LogP contribution in [0.2, 0.25) is 5.02 Å². The number of aliphatic hydroxyl groups is 1. The van der Waals surface area contributed by atoms with Crippen molar-refractivity contribution >= 4 is 17.6 Å². The third-order valence-electron chi connectivity index (χ3n) is 3.67. The fourth-order valence-corrected chi connectivity index (χ4v) is 2.62. The highest BCUT2D eigenvalue weighted by Crippen LogP contribution is 2.23. The second kappa shape index (κ2) is 8.22. The average Bonchev–Trinajstić information content (AvgIpc) is 3.08. The van der Waals surface area contributed by atoms with Crippen LogP contribution in [-0.4, -0.2) is 24.2 Å². The molecule has 0 saturated heterocycles. The molecule has 2 aromatic rings. The van der Waals surface area contributed by atoms with Gasteiger partial charge >= 0.3 is 0 Å². The maximum atomic E-state index is 10.5. The number of nitrogens with zero attached hydrogens (tertiary/aromatic N) is 1. The third-order valence-corrected chi connectivity index (χ3v) is 4.01. The number of hydrogen-bond acceptors (Lipinski definition) is 3. The summed E-state index contributed by atoms with van der Waals surface area (Å²) in [6.45, 7) is 6.56. The molecular weight excluding hydrogens is 326 g/mol. The normalized spacial score (nSPS) is 15.6. The van der Waals surface area contributed by atoms with Crippen molar-refractivity contribution < 1.29 is 9.52 Å². The number of halogens is 1. The van der Waals surface area contributed by atoms with Gasteiger partial charge in [-0.1, -0.05) is 29.8 Å². The molecule has 6 heteroatoms. The molecule has 2 unspecified atom stereocenters. The van der Waals surface area contributed by atoms with Crippen molar-refractivity contribution in [1.29, 1.82) is 0 Å². The molecule has 3 N–H and O–H groups in total. The molecule has 0 aliphatic carbocycles. The second-order valence-corrected chi connectivity index (χ2v) is 6.24. The van der Waals surface area contributed by atoms with E-state index >= 15 is 0 Å². The van der Waals surface area contributed by atoms with Crippen LogP contribution >= 0.6 is 11.6 Å². The Morgan fingerprint density at radius 3 is 2.71 bits per heavy atom. The number of rotatable bonds is 6. The van der Waals surface area contributed by atoms with E-state index < -0.39 is 5.60 Å². The molecule has 2 atom stereocenters. The highest BCUT2D eigenvalue weighted by Gasteiger charge is 2.26. The van der Waals surface area contributed by atoms with Crippen LogP contribution in [-0.2, 0) is 5.60 Å². The molecule has 0 amide bonds. The van der Waals surface area contributed by atoms with Crippen molar-refractivity contribution in [2.75, 3.05) is 13.1 Å². The lowest BCUT2D eigenvalue weighted by Gasteiger charge is -2.22. The first-order chi connectivity index (χ1) is 11.4. The molecule has 0 saturated carbocycles. The molecule has 130 valence electrons. The topological polar surface area (TPSA) is 69.8 Å². The zero-order chi connectivity index (χ0) is 17.6. The van der Waals surface area contributed by atoms with Gasteiger partial charge < -0.3 is 20.2 Å². The molecule has 0 aliphatic heterocycles.